The summed E-state index contributed by atoms with van der Waals surface area (Å²) in [6.07, 6.45) is 0. The first kappa shape index (κ1) is 10.9. The Morgan fingerprint density at radius 3 is 3.00 bits per heavy atom. The summed E-state index contributed by atoms with van der Waals surface area (Å²) in [6.45, 7) is 2.63. The summed E-state index contributed by atoms with van der Waals surface area (Å²) >= 11 is 1.20. The van der Waals surface area contributed by atoms with Crippen molar-refractivity contribution >= 4 is 17.5 Å². The van der Waals surface area contributed by atoms with E-state index in [2.05, 4.69) is 14.1 Å². The topological polar surface area (TPSA) is 47.0 Å². The molecule has 0 aliphatic carbocycles. The molecule has 0 atom stereocenters. The molecule has 5 heteroatoms. The Bertz CT molecular complexity index is 470. The van der Waals surface area contributed by atoms with Gasteiger partial charge in [-0.3, -0.25) is 0 Å². The third-order valence-corrected chi connectivity index (χ3v) is 2.67. The molecule has 1 aromatic heterocycles. The lowest BCUT2D eigenvalue weighted by molar-refractivity contribution is 0.340. The molecular formula is C11H13N3OS. The highest BCUT2D eigenvalue weighted by atomic mass is 32.1. The fourth-order valence-electron chi connectivity index (χ4n) is 1.44. The van der Waals surface area contributed by atoms with Gasteiger partial charge in [0.05, 0.1) is 18.3 Å². The average molecular weight is 235 g/mol. The van der Waals surface area contributed by atoms with Crippen LogP contribution in [0.3, 0.4) is 0 Å². The van der Waals surface area contributed by atoms with Crippen LogP contribution in [0.4, 0.5) is 5.82 Å². The highest BCUT2D eigenvalue weighted by molar-refractivity contribution is 6.99. The summed E-state index contributed by atoms with van der Waals surface area (Å²) in [5.74, 6) is 1.66. The average Bonchev–Trinajstić information content (AvgIpc) is 2.78. The zero-order chi connectivity index (χ0) is 11.4. The predicted molar refractivity (Wildman–Crippen MR) is 66.1 cm³/mol. The minimum absolute atomic E-state index is 0.664. The smallest absolute Gasteiger partial charge is 0.167 e. The fraction of sp³-hybridized carbons (Fsp3) is 0.273. The van der Waals surface area contributed by atoms with Gasteiger partial charge in [-0.1, -0.05) is 12.1 Å². The summed E-state index contributed by atoms with van der Waals surface area (Å²) in [7, 11) is 1.84. The maximum atomic E-state index is 5.45. The highest BCUT2D eigenvalue weighted by Crippen LogP contribution is 2.28. The maximum absolute atomic E-state index is 5.45. The normalized spacial score (nSPS) is 10.1. The molecule has 2 aromatic rings. The van der Waals surface area contributed by atoms with Crippen molar-refractivity contribution in [3.8, 4) is 17.0 Å². The summed E-state index contributed by atoms with van der Waals surface area (Å²) in [5, 5.41) is 3.02. The molecule has 0 radical (unpaired) electrons. The SMILES string of the molecule is CCOc1cccc(-c2nsnc2NC)c1. The van der Waals surface area contributed by atoms with Gasteiger partial charge in [0.25, 0.3) is 0 Å². The second-order valence-corrected chi connectivity index (χ2v) is 3.70. The van der Waals surface area contributed by atoms with Crippen molar-refractivity contribution in [2.24, 2.45) is 0 Å². The van der Waals surface area contributed by atoms with Gasteiger partial charge in [0.1, 0.15) is 11.4 Å². The molecule has 84 valence electrons. The van der Waals surface area contributed by atoms with Gasteiger partial charge in [0.15, 0.2) is 5.82 Å². The van der Waals surface area contributed by atoms with Crippen LogP contribution in [-0.2, 0) is 0 Å². The van der Waals surface area contributed by atoms with Crippen molar-refractivity contribution in [1.29, 1.82) is 0 Å². The van der Waals surface area contributed by atoms with Gasteiger partial charge in [0, 0.05) is 12.6 Å². The van der Waals surface area contributed by atoms with Gasteiger partial charge in [-0.05, 0) is 19.1 Å². The van der Waals surface area contributed by atoms with Crippen molar-refractivity contribution in [3.63, 3.8) is 0 Å². The van der Waals surface area contributed by atoms with Crippen LogP contribution in [-0.4, -0.2) is 22.4 Å². The fourth-order valence-corrected chi connectivity index (χ4v) is 2.02. The maximum Gasteiger partial charge on any atom is 0.167 e. The first-order valence-corrected chi connectivity index (χ1v) is 5.81. The Balaban J connectivity index is 2.36. The van der Waals surface area contributed by atoms with E-state index in [9.17, 15) is 0 Å². The molecule has 0 aliphatic heterocycles. The number of hydrogen-bond donors (Lipinski definition) is 1. The summed E-state index contributed by atoms with van der Waals surface area (Å²) in [6, 6.07) is 7.87. The van der Waals surface area contributed by atoms with Crippen LogP contribution >= 0.6 is 11.7 Å². The molecule has 0 saturated heterocycles. The monoisotopic (exact) mass is 235 g/mol. The Morgan fingerprint density at radius 2 is 2.25 bits per heavy atom. The molecule has 0 bridgehead atoms. The first-order chi connectivity index (χ1) is 7.85. The van der Waals surface area contributed by atoms with Crippen LogP contribution in [0.1, 0.15) is 6.92 Å². The quantitative estimate of drug-likeness (QED) is 0.885. The van der Waals surface area contributed by atoms with Gasteiger partial charge in [-0.15, -0.1) is 0 Å². The van der Waals surface area contributed by atoms with Gasteiger partial charge >= 0.3 is 0 Å². The number of benzene rings is 1. The highest BCUT2D eigenvalue weighted by Gasteiger charge is 2.09. The minimum atomic E-state index is 0.664. The predicted octanol–water partition coefficient (Wildman–Crippen LogP) is 2.65. The number of nitrogens with zero attached hydrogens (tertiary/aromatic N) is 2. The second kappa shape index (κ2) is 4.94. The van der Waals surface area contributed by atoms with Crippen LogP contribution < -0.4 is 10.1 Å². The number of aromatic nitrogens is 2. The van der Waals surface area contributed by atoms with E-state index in [4.69, 9.17) is 4.74 Å². The van der Waals surface area contributed by atoms with Crippen LogP contribution in [0, 0.1) is 0 Å². The first-order valence-electron chi connectivity index (χ1n) is 5.08. The standard InChI is InChI=1S/C11H13N3OS/c1-3-15-9-6-4-5-8(7-9)10-11(12-2)14-16-13-10/h4-7H,3H2,1-2H3,(H,12,14). The molecule has 0 amide bonds. The molecule has 2 rings (SSSR count). The lowest BCUT2D eigenvalue weighted by atomic mass is 10.1. The summed E-state index contributed by atoms with van der Waals surface area (Å²) in [5.41, 5.74) is 1.89. The number of ether oxygens (including phenoxy) is 1. The van der Waals surface area contributed by atoms with E-state index in [0.717, 1.165) is 22.8 Å². The summed E-state index contributed by atoms with van der Waals surface area (Å²) in [4.78, 5) is 0. The van der Waals surface area contributed by atoms with Crippen molar-refractivity contribution < 1.29 is 4.74 Å². The third-order valence-electron chi connectivity index (χ3n) is 2.14. The minimum Gasteiger partial charge on any atom is -0.494 e. The van der Waals surface area contributed by atoms with Gasteiger partial charge in [-0.25, -0.2) is 0 Å². The zero-order valence-electron chi connectivity index (χ0n) is 9.23. The number of nitrogens with one attached hydrogen (secondary N) is 1. The van der Waals surface area contributed by atoms with Crippen LogP contribution in [0.15, 0.2) is 24.3 Å². The molecule has 4 nitrogen and oxygen atoms in total. The van der Waals surface area contributed by atoms with E-state index in [1.54, 1.807) is 0 Å². The van der Waals surface area contributed by atoms with Crippen molar-refractivity contribution in [2.45, 2.75) is 6.92 Å². The Hall–Kier alpha value is -1.62. The third kappa shape index (κ3) is 2.14. The number of rotatable bonds is 4. The Labute approximate surface area is 98.6 Å². The molecule has 0 fully saturated rings. The molecule has 0 unspecified atom stereocenters. The van der Waals surface area contributed by atoms with Crippen molar-refractivity contribution in [2.75, 3.05) is 19.0 Å². The molecular weight excluding hydrogens is 222 g/mol. The molecule has 0 saturated carbocycles. The zero-order valence-corrected chi connectivity index (χ0v) is 10.0. The number of anilines is 1. The van der Waals surface area contributed by atoms with E-state index >= 15 is 0 Å². The molecule has 0 spiro atoms. The Kier molecular flexibility index (Phi) is 3.36. The number of hydrogen-bond acceptors (Lipinski definition) is 5. The lowest BCUT2D eigenvalue weighted by Gasteiger charge is -2.05. The second-order valence-electron chi connectivity index (χ2n) is 3.17. The van der Waals surface area contributed by atoms with E-state index in [-0.39, 0.29) is 0 Å². The van der Waals surface area contributed by atoms with Crippen LogP contribution in [0.2, 0.25) is 0 Å². The van der Waals surface area contributed by atoms with Crippen LogP contribution in [0.25, 0.3) is 11.3 Å². The molecule has 1 aromatic carbocycles. The van der Waals surface area contributed by atoms with Gasteiger partial charge in [0.2, 0.25) is 0 Å². The van der Waals surface area contributed by atoms with E-state index < -0.39 is 0 Å². The van der Waals surface area contributed by atoms with Crippen molar-refractivity contribution in [3.05, 3.63) is 24.3 Å². The molecule has 1 N–H and O–H groups in total. The van der Waals surface area contributed by atoms with E-state index in [1.807, 2.05) is 38.2 Å². The largest absolute Gasteiger partial charge is 0.494 e. The molecule has 16 heavy (non-hydrogen) atoms. The van der Waals surface area contributed by atoms with E-state index in [0.29, 0.717) is 6.61 Å². The van der Waals surface area contributed by atoms with Gasteiger partial charge < -0.3 is 10.1 Å². The molecule has 0 aliphatic rings. The lowest BCUT2D eigenvalue weighted by Crippen LogP contribution is -1.93. The van der Waals surface area contributed by atoms with Crippen molar-refractivity contribution in [1.82, 2.24) is 8.75 Å². The Morgan fingerprint density at radius 1 is 1.38 bits per heavy atom. The van der Waals surface area contributed by atoms with Crippen LogP contribution in [0.5, 0.6) is 5.75 Å². The molecule has 1 heterocycles. The van der Waals surface area contributed by atoms with Gasteiger partial charge in [-0.2, -0.15) is 8.75 Å². The van der Waals surface area contributed by atoms with E-state index in [1.165, 1.54) is 11.7 Å². The summed E-state index contributed by atoms with van der Waals surface area (Å²) < 4.78 is 13.9.